The van der Waals surface area contributed by atoms with E-state index in [2.05, 4.69) is 4.98 Å². The van der Waals surface area contributed by atoms with Crippen LogP contribution >= 0.6 is 0 Å². The summed E-state index contributed by atoms with van der Waals surface area (Å²) >= 11 is 0. The van der Waals surface area contributed by atoms with Gasteiger partial charge in [0.05, 0.1) is 15.9 Å². The van der Waals surface area contributed by atoms with Crippen LogP contribution in [0.25, 0.3) is 11.0 Å². The minimum Gasteiger partial charge on any atom is -0.321 e. The van der Waals surface area contributed by atoms with E-state index in [-0.39, 0.29) is 5.56 Å². The summed E-state index contributed by atoms with van der Waals surface area (Å²) in [6.45, 7) is 1.99. The second-order valence-corrected chi connectivity index (χ2v) is 5.69. The van der Waals surface area contributed by atoms with Gasteiger partial charge in [0.25, 0.3) is 0 Å². The van der Waals surface area contributed by atoms with Crippen LogP contribution in [0.3, 0.4) is 0 Å². The molecule has 3 aromatic rings. The third-order valence-corrected chi connectivity index (χ3v) is 4.29. The Hall–Kier alpha value is -2.14. The van der Waals surface area contributed by atoms with E-state index in [1.807, 2.05) is 31.2 Å². The molecule has 2 heterocycles. The molecule has 0 saturated carbocycles. The van der Waals surface area contributed by atoms with Crippen LogP contribution in [0.15, 0.2) is 58.4 Å². The molecule has 0 amide bonds. The largest absolute Gasteiger partial charge is 0.321 e. The molecule has 5 heteroatoms. The fourth-order valence-corrected chi connectivity index (χ4v) is 3.04. The van der Waals surface area contributed by atoms with Crippen molar-refractivity contribution in [3.05, 3.63) is 64.6 Å². The Bertz CT molecular complexity index is 815. The summed E-state index contributed by atoms with van der Waals surface area (Å²) in [5.74, 6) is 0. The van der Waals surface area contributed by atoms with Gasteiger partial charge in [-0.15, -0.1) is 0 Å². The van der Waals surface area contributed by atoms with Gasteiger partial charge < -0.3 is 4.98 Å². The zero-order chi connectivity index (χ0) is 13.4. The Morgan fingerprint density at radius 3 is 2.53 bits per heavy atom. The highest BCUT2D eigenvalue weighted by molar-refractivity contribution is 7.83. The van der Waals surface area contributed by atoms with Crippen molar-refractivity contribution in [2.75, 3.05) is 0 Å². The topological polar surface area (TPSA) is 54.9 Å². The summed E-state index contributed by atoms with van der Waals surface area (Å²) in [7, 11) is -1.31. The Kier molecular flexibility index (Phi) is 2.83. The van der Waals surface area contributed by atoms with Crippen LogP contribution in [0.4, 0.5) is 0 Å². The Morgan fingerprint density at radius 2 is 1.79 bits per heavy atom. The number of rotatable bonds is 2. The molecule has 0 fully saturated rings. The molecule has 0 spiro atoms. The molecule has 0 bridgehead atoms. The molecule has 0 aliphatic rings. The minimum atomic E-state index is -1.31. The third kappa shape index (κ3) is 2.13. The SMILES string of the molecule is Cc1ccc(S(=O)n2ccc3[nH]c(=O)ccc32)cc1. The number of benzene rings is 1. The van der Waals surface area contributed by atoms with E-state index in [4.69, 9.17) is 0 Å². The molecule has 1 unspecified atom stereocenters. The van der Waals surface area contributed by atoms with E-state index in [0.29, 0.717) is 5.52 Å². The van der Waals surface area contributed by atoms with Gasteiger partial charge in [-0.1, -0.05) is 17.7 Å². The number of hydrogen-bond acceptors (Lipinski definition) is 2. The standard InChI is InChI=1S/C14H12N2O2S/c1-10-2-4-11(5-3-10)19(18)16-9-8-12-13(16)6-7-14(17)15-12/h2-9H,1H3,(H,15,17). The van der Waals surface area contributed by atoms with Crippen LogP contribution in [0, 0.1) is 6.92 Å². The fourth-order valence-electron chi connectivity index (χ4n) is 1.94. The van der Waals surface area contributed by atoms with E-state index >= 15 is 0 Å². The Balaban J connectivity index is 2.11. The highest BCUT2D eigenvalue weighted by Crippen LogP contribution is 2.17. The molecule has 96 valence electrons. The number of nitrogens with one attached hydrogen (secondary N) is 1. The first-order valence-corrected chi connectivity index (χ1v) is 6.95. The van der Waals surface area contributed by atoms with Crippen LogP contribution in [-0.4, -0.2) is 13.2 Å². The average Bonchev–Trinajstić information content (AvgIpc) is 2.81. The molecule has 2 aromatic heterocycles. The maximum Gasteiger partial charge on any atom is 0.248 e. The number of aromatic amines is 1. The number of fused-ring (bicyclic) bond motifs is 1. The number of pyridine rings is 1. The summed E-state index contributed by atoms with van der Waals surface area (Å²) < 4.78 is 14.1. The van der Waals surface area contributed by atoms with Crippen LogP contribution in [-0.2, 0) is 11.0 Å². The van der Waals surface area contributed by atoms with E-state index < -0.39 is 11.0 Å². The maximum atomic E-state index is 12.5. The number of aryl methyl sites for hydroxylation is 1. The molecule has 1 aromatic carbocycles. The van der Waals surface area contributed by atoms with Gasteiger partial charge in [-0.25, -0.2) is 4.21 Å². The molecule has 4 nitrogen and oxygen atoms in total. The van der Waals surface area contributed by atoms with Gasteiger partial charge in [-0.2, -0.15) is 0 Å². The smallest absolute Gasteiger partial charge is 0.248 e. The predicted molar refractivity (Wildman–Crippen MR) is 75.5 cm³/mol. The maximum absolute atomic E-state index is 12.5. The summed E-state index contributed by atoms with van der Waals surface area (Å²) in [5, 5.41) is 0. The van der Waals surface area contributed by atoms with Crippen LogP contribution < -0.4 is 5.56 Å². The Labute approximate surface area is 112 Å². The van der Waals surface area contributed by atoms with Gasteiger partial charge in [0.2, 0.25) is 5.56 Å². The van der Waals surface area contributed by atoms with Crippen molar-refractivity contribution < 1.29 is 4.21 Å². The van der Waals surface area contributed by atoms with Crippen LogP contribution in [0.1, 0.15) is 5.56 Å². The lowest BCUT2D eigenvalue weighted by Gasteiger charge is -2.05. The zero-order valence-corrected chi connectivity index (χ0v) is 11.1. The van der Waals surface area contributed by atoms with Gasteiger partial charge in [-0.05, 0) is 31.2 Å². The van der Waals surface area contributed by atoms with Crippen molar-refractivity contribution in [1.29, 1.82) is 0 Å². The molecule has 0 aliphatic heterocycles. The first-order valence-electron chi connectivity index (χ1n) is 5.84. The lowest BCUT2D eigenvalue weighted by Crippen LogP contribution is -2.06. The van der Waals surface area contributed by atoms with Crippen LogP contribution in [0.5, 0.6) is 0 Å². The third-order valence-electron chi connectivity index (χ3n) is 2.94. The van der Waals surface area contributed by atoms with Crippen molar-refractivity contribution in [2.24, 2.45) is 0 Å². The predicted octanol–water partition coefficient (Wildman–Crippen LogP) is 2.21. The molecule has 1 atom stereocenters. The summed E-state index contributed by atoms with van der Waals surface area (Å²) in [6, 6.07) is 12.4. The van der Waals surface area contributed by atoms with Crippen LogP contribution in [0.2, 0.25) is 0 Å². The number of aromatic nitrogens is 2. The normalized spacial score (nSPS) is 12.7. The molecule has 0 saturated heterocycles. The highest BCUT2D eigenvalue weighted by Gasteiger charge is 2.09. The fraction of sp³-hybridized carbons (Fsp3) is 0.0714. The summed E-state index contributed by atoms with van der Waals surface area (Å²) in [6.07, 6.45) is 1.72. The molecule has 19 heavy (non-hydrogen) atoms. The number of hydrogen-bond donors (Lipinski definition) is 1. The van der Waals surface area contributed by atoms with E-state index in [1.165, 1.54) is 6.07 Å². The van der Waals surface area contributed by atoms with Gasteiger partial charge in [-0.3, -0.25) is 8.77 Å². The molecular weight excluding hydrogens is 260 g/mol. The lowest BCUT2D eigenvalue weighted by molar-refractivity contribution is 0.678. The van der Waals surface area contributed by atoms with Crippen molar-refractivity contribution >= 4 is 22.0 Å². The molecule has 1 N–H and O–H groups in total. The average molecular weight is 272 g/mol. The van der Waals surface area contributed by atoms with Crippen molar-refractivity contribution in [3.63, 3.8) is 0 Å². The van der Waals surface area contributed by atoms with Gasteiger partial charge in [0.15, 0.2) is 11.0 Å². The number of H-pyrrole nitrogens is 1. The van der Waals surface area contributed by atoms with E-state index in [9.17, 15) is 9.00 Å². The van der Waals surface area contributed by atoms with Crippen molar-refractivity contribution in [1.82, 2.24) is 8.96 Å². The van der Waals surface area contributed by atoms with Crippen molar-refractivity contribution in [2.45, 2.75) is 11.8 Å². The van der Waals surface area contributed by atoms with Crippen molar-refractivity contribution in [3.8, 4) is 0 Å². The monoisotopic (exact) mass is 272 g/mol. The molecule has 0 aliphatic carbocycles. The molecule has 3 rings (SSSR count). The first kappa shape index (κ1) is 11.9. The highest BCUT2D eigenvalue weighted by atomic mass is 32.2. The first-order chi connectivity index (χ1) is 9.15. The minimum absolute atomic E-state index is 0.161. The quantitative estimate of drug-likeness (QED) is 0.777. The number of nitrogens with zero attached hydrogens (tertiary/aromatic N) is 1. The van der Waals surface area contributed by atoms with E-state index in [0.717, 1.165) is 16.0 Å². The Morgan fingerprint density at radius 1 is 1.05 bits per heavy atom. The second kappa shape index (κ2) is 4.51. The van der Waals surface area contributed by atoms with Gasteiger partial charge in [0.1, 0.15) is 0 Å². The summed E-state index contributed by atoms with van der Waals surface area (Å²) in [5.41, 5.74) is 2.40. The van der Waals surface area contributed by atoms with E-state index in [1.54, 1.807) is 22.3 Å². The summed E-state index contributed by atoms with van der Waals surface area (Å²) in [4.78, 5) is 14.7. The lowest BCUT2D eigenvalue weighted by atomic mass is 10.2. The van der Waals surface area contributed by atoms with Gasteiger partial charge >= 0.3 is 0 Å². The zero-order valence-electron chi connectivity index (χ0n) is 10.3. The molecular formula is C14H12N2O2S. The second-order valence-electron chi connectivity index (χ2n) is 4.33. The van der Waals surface area contributed by atoms with Gasteiger partial charge in [0, 0.05) is 12.3 Å². The molecule has 0 radical (unpaired) electrons.